The van der Waals surface area contributed by atoms with Crippen LogP contribution < -0.4 is 5.32 Å². The number of benzene rings is 1. The van der Waals surface area contributed by atoms with Crippen LogP contribution in [0.15, 0.2) is 41.3 Å². The molecule has 2 aromatic rings. The van der Waals surface area contributed by atoms with Gasteiger partial charge in [-0.1, -0.05) is 55.2 Å². The minimum absolute atomic E-state index is 0.105. The summed E-state index contributed by atoms with van der Waals surface area (Å²) in [6.45, 7) is 7.53. The number of amides is 3. The third kappa shape index (κ3) is 4.15. The second-order valence-corrected chi connectivity index (χ2v) is 8.88. The molecule has 1 atom stereocenters. The number of fused-ring (bicyclic) bond motifs is 1. The van der Waals surface area contributed by atoms with Gasteiger partial charge in [0.1, 0.15) is 6.04 Å². The summed E-state index contributed by atoms with van der Waals surface area (Å²) in [5, 5.41) is 11.0. The molecule has 1 aromatic heterocycles. The van der Waals surface area contributed by atoms with E-state index in [1.54, 1.807) is 30.3 Å². The molecule has 1 aromatic carbocycles. The molecule has 0 bridgehead atoms. The molecule has 3 amide bonds. The lowest BCUT2D eigenvalue weighted by Gasteiger charge is -2.26. The highest BCUT2D eigenvalue weighted by atomic mass is 32.2. The van der Waals surface area contributed by atoms with Crippen molar-refractivity contribution in [1.82, 2.24) is 15.1 Å². The molecule has 0 unspecified atom stereocenters. The number of rotatable bonds is 8. The van der Waals surface area contributed by atoms with Crippen molar-refractivity contribution in [2.45, 2.75) is 30.6 Å². The second kappa shape index (κ2) is 8.66. The summed E-state index contributed by atoms with van der Waals surface area (Å²) in [6.07, 6.45) is 2.11. The molecule has 28 heavy (non-hydrogen) atoms. The van der Waals surface area contributed by atoms with E-state index in [0.717, 1.165) is 4.90 Å². The number of carbonyl (C=O) groups is 3. The largest absolute Gasteiger partial charge is 0.299 e. The first-order chi connectivity index (χ1) is 13.4. The summed E-state index contributed by atoms with van der Waals surface area (Å²) in [6, 6.07) is 5.70. The molecule has 1 N–H and O–H groups in total. The Morgan fingerprint density at radius 2 is 1.89 bits per heavy atom. The number of anilines is 1. The van der Waals surface area contributed by atoms with Crippen molar-refractivity contribution in [3.05, 3.63) is 48.0 Å². The molecule has 0 saturated heterocycles. The lowest BCUT2D eigenvalue weighted by atomic mass is 10.0. The minimum Gasteiger partial charge on any atom is -0.299 e. The van der Waals surface area contributed by atoms with Crippen molar-refractivity contribution < 1.29 is 14.4 Å². The Labute approximate surface area is 171 Å². The zero-order chi connectivity index (χ0) is 20.3. The zero-order valence-electron chi connectivity index (χ0n) is 15.5. The van der Waals surface area contributed by atoms with E-state index >= 15 is 0 Å². The predicted molar refractivity (Wildman–Crippen MR) is 110 cm³/mol. The van der Waals surface area contributed by atoms with Crippen molar-refractivity contribution in [3.63, 3.8) is 0 Å². The average Bonchev–Trinajstić information content (AvgIpc) is 3.21. The number of imide groups is 1. The van der Waals surface area contributed by atoms with Crippen molar-refractivity contribution in [2.75, 3.05) is 11.1 Å². The molecule has 3 rings (SSSR count). The van der Waals surface area contributed by atoms with Crippen molar-refractivity contribution in [2.24, 2.45) is 5.92 Å². The number of hydrogen-bond donors (Lipinski definition) is 1. The van der Waals surface area contributed by atoms with Gasteiger partial charge in [-0.05, 0) is 24.5 Å². The smallest absolute Gasteiger partial charge is 0.262 e. The van der Waals surface area contributed by atoms with Crippen LogP contribution in [0.1, 0.15) is 41.0 Å². The van der Waals surface area contributed by atoms with Gasteiger partial charge < -0.3 is 0 Å². The average molecular weight is 417 g/mol. The Morgan fingerprint density at radius 1 is 1.25 bits per heavy atom. The van der Waals surface area contributed by atoms with Crippen molar-refractivity contribution in [1.29, 1.82) is 0 Å². The summed E-state index contributed by atoms with van der Waals surface area (Å²) < 4.78 is 0.705. The van der Waals surface area contributed by atoms with Gasteiger partial charge in [0.25, 0.3) is 11.8 Å². The third-order valence-electron chi connectivity index (χ3n) is 4.10. The predicted octanol–water partition coefficient (Wildman–Crippen LogP) is 3.47. The molecule has 0 fully saturated rings. The standard InChI is InChI=1S/C19H20N4O3S2/c1-4-9-27-19-22-21-18(28-19)20-15(24)14(10-11(2)3)23-16(25)12-7-5-6-8-13(12)17(23)26/h4-8,11,14H,1,9-10H2,2-3H3,(H,20,21,24)/t14-/m1/s1. The third-order valence-corrected chi connectivity index (χ3v) is 6.06. The van der Waals surface area contributed by atoms with Gasteiger partial charge in [-0.2, -0.15) is 0 Å². The molecule has 1 aliphatic heterocycles. The van der Waals surface area contributed by atoms with Crippen LogP contribution >= 0.6 is 23.1 Å². The molecule has 2 heterocycles. The second-order valence-electron chi connectivity index (χ2n) is 6.63. The van der Waals surface area contributed by atoms with Crippen LogP contribution in [0.5, 0.6) is 0 Å². The van der Waals surface area contributed by atoms with E-state index in [2.05, 4.69) is 22.1 Å². The first-order valence-corrected chi connectivity index (χ1v) is 10.6. The highest BCUT2D eigenvalue weighted by molar-refractivity contribution is 8.01. The van der Waals surface area contributed by atoms with Crippen LogP contribution in [0.25, 0.3) is 0 Å². The maximum Gasteiger partial charge on any atom is 0.262 e. The molecule has 146 valence electrons. The molecule has 1 aliphatic rings. The normalized spacial score (nSPS) is 14.3. The van der Waals surface area contributed by atoms with E-state index in [9.17, 15) is 14.4 Å². The van der Waals surface area contributed by atoms with E-state index in [1.807, 2.05) is 13.8 Å². The van der Waals surface area contributed by atoms with E-state index in [0.29, 0.717) is 32.8 Å². The van der Waals surface area contributed by atoms with Gasteiger partial charge in [-0.15, -0.1) is 16.8 Å². The topological polar surface area (TPSA) is 92.3 Å². The number of nitrogens with one attached hydrogen (secondary N) is 1. The number of aromatic nitrogens is 2. The molecule has 0 saturated carbocycles. The van der Waals surface area contributed by atoms with E-state index < -0.39 is 23.8 Å². The van der Waals surface area contributed by atoms with Crippen LogP contribution in [0.3, 0.4) is 0 Å². The van der Waals surface area contributed by atoms with Crippen molar-refractivity contribution >= 4 is 46.0 Å². The Morgan fingerprint density at radius 3 is 2.46 bits per heavy atom. The number of carbonyl (C=O) groups excluding carboxylic acids is 3. The summed E-state index contributed by atoms with van der Waals surface area (Å²) in [4.78, 5) is 39.6. The van der Waals surface area contributed by atoms with Gasteiger partial charge in [-0.3, -0.25) is 24.6 Å². The molecule has 0 radical (unpaired) electrons. The van der Waals surface area contributed by atoms with Gasteiger partial charge in [0, 0.05) is 5.75 Å². The number of hydrogen-bond acceptors (Lipinski definition) is 7. The Bertz CT molecular complexity index is 890. The molecule has 0 spiro atoms. The first-order valence-electron chi connectivity index (χ1n) is 8.77. The minimum atomic E-state index is -0.916. The number of thioether (sulfide) groups is 1. The molecule has 0 aliphatic carbocycles. The van der Waals surface area contributed by atoms with E-state index in [-0.39, 0.29) is 5.92 Å². The lowest BCUT2D eigenvalue weighted by Crippen LogP contribution is -2.47. The first kappa shape index (κ1) is 20.2. The van der Waals surface area contributed by atoms with Gasteiger partial charge in [-0.25, -0.2) is 0 Å². The van der Waals surface area contributed by atoms with Gasteiger partial charge >= 0.3 is 0 Å². The Kier molecular flexibility index (Phi) is 6.25. The Hall–Kier alpha value is -2.52. The van der Waals surface area contributed by atoms with Crippen LogP contribution in [0.2, 0.25) is 0 Å². The fourth-order valence-corrected chi connectivity index (χ4v) is 4.42. The van der Waals surface area contributed by atoms with Gasteiger partial charge in [0.15, 0.2) is 4.34 Å². The summed E-state index contributed by atoms with van der Waals surface area (Å²) >= 11 is 2.70. The van der Waals surface area contributed by atoms with E-state index in [4.69, 9.17) is 0 Å². The SMILES string of the molecule is C=CCSc1nnc(NC(=O)[C@@H](CC(C)C)N2C(=O)c3ccccc3C2=O)s1. The van der Waals surface area contributed by atoms with Crippen molar-refractivity contribution in [3.8, 4) is 0 Å². The highest BCUT2D eigenvalue weighted by Crippen LogP contribution is 2.29. The fourth-order valence-electron chi connectivity index (χ4n) is 2.90. The molecular formula is C19H20N4O3S2. The van der Waals surface area contributed by atoms with Gasteiger partial charge in [0.05, 0.1) is 11.1 Å². The van der Waals surface area contributed by atoms with Gasteiger partial charge in [0.2, 0.25) is 11.0 Å². The maximum absolute atomic E-state index is 13.0. The summed E-state index contributed by atoms with van der Waals surface area (Å²) in [7, 11) is 0. The van der Waals surface area contributed by atoms with Crippen LogP contribution in [-0.4, -0.2) is 44.6 Å². The zero-order valence-corrected chi connectivity index (χ0v) is 17.2. The lowest BCUT2D eigenvalue weighted by molar-refractivity contribution is -0.120. The maximum atomic E-state index is 13.0. The summed E-state index contributed by atoms with van der Waals surface area (Å²) in [5.41, 5.74) is 0.654. The van der Waals surface area contributed by atoms with Crippen LogP contribution in [0.4, 0.5) is 5.13 Å². The highest BCUT2D eigenvalue weighted by Gasteiger charge is 2.42. The van der Waals surface area contributed by atoms with E-state index in [1.165, 1.54) is 23.1 Å². The molecule has 7 nitrogen and oxygen atoms in total. The monoisotopic (exact) mass is 416 g/mol. The van der Waals surface area contributed by atoms with Crippen LogP contribution in [0, 0.1) is 5.92 Å². The summed E-state index contributed by atoms with van der Waals surface area (Å²) in [5.74, 6) is -0.539. The fraction of sp³-hybridized carbons (Fsp3) is 0.316. The Balaban J connectivity index is 1.81. The molecular weight excluding hydrogens is 396 g/mol. The quantitative estimate of drug-likeness (QED) is 0.307. The van der Waals surface area contributed by atoms with Crippen LogP contribution in [-0.2, 0) is 4.79 Å². The molecule has 9 heteroatoms. The number of nitrogens with zero attached hydrogens (tertiary/aromatic N) is 3.